The zero-order chi connectivity index (χ0) is 17.8. The van der Waals surface area contributed by atoms with Gasteiger partial charge in [-0.3, -0.25) is 0 Å². The summed E-state index contributed by atoms with van der Waals surface area (Å²) in [6, 6.07) is -0.246. The van der Waals surface area contributed by atoms with Gasteiger partial charge in [0.05, 0.1) is 19.2 Å². The van der Waals surface area contributed by atoms with Crippen molar-refractivity contribution in [2.45, 2.75) is 65.5 Å². The molecule has 1 heterocycles. The Labute approximate surface area is 138 Å². The zero-order valence-corrected chi connectivity index (χ0v) is 15.0. The lowest BCUT2D eigenvalue weighted by Crippen LogP contribution is -2.50. The predicted octanol–water partition coefficient (Wildman–Crippen LogP) is 3.42. The second-order valence-electron chi connectivity index (χ2n) is 6.95. The maximum absolute atomic E-state index is 12.5. The van der Waals surface area contributed by atoms with Gasteiger partial charge in [0.25, 0.3) is 0 Å². The average Bonchev–Trinajstić information content (AvgIpc) is 2.44. The van der Waals surface area contributed by atoms with Crippen molar-refractivity contribution >= 4 is 12.1 Å². The number of esters is 1. The zero-order valence-electron chi connectivity index (χ0n) is 15.0. The Morgan fingerprint density at radius 3 is 2.43 bits per heavy atom. The number of hydrogen-bond acceptors (Lipinski definition) is 5. The smallest absolute Gasteiger partial charge is 0.410 e. The van der Waals surface area contributed by atoms with Crippen LogP contribution in [0.25, 0.3) is 0 Å². The van der Waals surface area contributed by atoms with Gasteiger partial charge in [-0.05, 0) is 34.1 Å². The molecule has 0 fully saturated rings. The Morgan fingerprint density at radius 1 is 1.35 bits per heavy atom. The van der Waals surface area contributed by atoms with Crippen molar-refractivity contribution in [1.29, 1.82) is 0 Å². The Hall–Kier alpha value is -1.72. The van der Waals surface area contributed by atoms with Crippen LogP contribution in [0, 0.1) is 5.92 Å². The maximum Gasteiger partial charge on any atom is 0.410 e. The molecule has 23 heavy (non-hydrogen) atoms. The highest BCUT2D eigenvalue weighted by Crippen LogP contribution is 2.32. The van der Waals surface area contributed by atoms with E-state index in [0.717, 1.165) is 12.8 Å². The normalized spacial score (nSPS) is 22.1. The molecule has 1 amide bonds. The summed E-state index contributed by atoms with van der Waals surface area (Å²) in [5.41, 5.74) is -0.484. The Bertz CT molecular complexity index is 478. The molecule has 0 aromatic carbocycles. The van der Waals surface area contributed by atoms with Crippen molar-refractivity contribution in [1.82, 2.24) is 4.90 Å². The van der Waals surface area contributed by atoms with E-state index in [-0.39, 0.29) is 29.8 Å². The molecule has 0 saturated heterocycles. The fourth-order valence-electron chi connectivity index (χ4n) is 2.71. The molecule has 0 aromatic heterocycles. The van der Waals surface area contributed by atoms with Crippen LogP contribution < -0.4 is 0 Å². The number of aliphatic hydroxyl groups is 1. The summed E-state index contributed by atoms with van der Waals surface area (Å²) < 4.78 is 10.2. The highest BCUT2D eigenvalue weighted by molar-refractivity contribution is 5.90. The second kappa shape index (κ2) is 7.70. The van der Waals surface area contributed by atoms with E-state index in [1.165, 1.54) is 12.0 Å². The van der Waals surface area contributed by atoms with Gasteiger partial charge in [-0.25, -0.2) is 9.59 Å². The van der Waals surface area contributed by atoms with E-state index in [9.17, 15) is 14.7 Å². The standard InChI is InChI=1S/C17H29NO5/c1-7-8-9-12-11(2)18(16(21)23-17(3,4)5)10-13(14(12)19)15(20)22-6/h11-12,19H,7-10H2,1-6H3/t11-,12-/m0/s1. The summed E-state index contributed by atoms with van der Waals surface area (Å²) >= 11 is 0. The quantitative estimate of drug-likeness (QED) is 0.801. The van der Waals surface area contributed by atoms with Crippen molar-refractivity contribution in [2.24, 2.45) is 5.92 Å². The first-order valence-electron chi connectivity index (χ1n) is 8.12. The second-order valence-corrected chi connectivity index (χ2v) is 6.95. The molecule has 0 bridgehead atoms. The maximum atomic E-state index is 12.5. The minimum absolute atomic E-state index is 0.00277. The summed E-state index contributed by atoms with van der Waals surface area (Å²) in [7, 11) is 1.26. The molecule has 1 aliphatic rings. The largest absolute Gasteiger partial charge is 0.511 e. The molecular weight excluding hydrogens is 298 g/mol. The van der Waals surface area contributed by atoms with Gasteiger partial charge in [0, 0.05) is 12.0 Å². The molecule has 0 saturated carbocycles. The highest BCUT2D eigenvalue weighted by atomic mass is 16.6. The summed E-state index contributed by atoms with van der Waals surface area (Å²) in [4.78, 5) is 25.9. The first-order chi connectivity index (χ1) is 10.6. The number of amides is 1. The number of rotatable bonds is 4. The lowest BCUT2D eigenvalue weighted by atomic mass is 9.86. The van der Waals surface area contributed by atoms with Crippen molar-refractivity contribution in [2.75, 3.05) is 13.7 Å². The van der Waals surface area contributed by atoms with E-state index in [1.54, 1.807) is 20.8 Å². The SMILES string of the molecule is CCCC[C@@H]1C(O)=C(C(=O)OC)CN(C(=O)OC(C)(C)C)[C@H]1C. The van der Waals surface area contributed by atoms with Crippen LogP contribution in [0.1, 0.15) is 53.9 Å². The molecule has 1 aliphatic heterocycles. The summed E-state index contributed by atoms with van der Waals surface area (Å²) in [5, 5.41) is 10.5. The van der Waals surface area contributed by atoms with Crippen LogP contribution in [0.5, 0.6) is 0 Å². The van der Waals surface area contributed by atoms with E-state index in [1.807, 2.05) is 6.92 Å². The molecule has 1 N–H and O–H groups in total. The molecular formula is C17H29NO5. The van der Waals surface area contributed by atoms with Crippen molar-refractivity contribution in [3.63, 3.8) is 0 Å². The molecule has 0 spiro atoms. The van der Waals surface area contributed by atoms with Gasteiger partial charge < -0.3 is 19.5 Å². The number of unbranched alkanes of at least 4 members (excludes halogenated alkanes) is 1. The third kappa shape index (κ3) is 4.88. The van der Waals surface area contributed by atoms with Gasteiger partial charge in [0.15, 0.2) is 0 Å². The topological polar surface area (TPSA) is 76.1 Å². The van der Waals surface area contributed by atoms with E-state index >= 15 is 0 Å². The predicted molar refractivity (Wildman–Crippen MR) is 87.1 cm³/mol. The minimum atomic E-state index is -0.621. The van der Waals surface area contributed by atoms with Crippen molar-refractivity contribution in [3.05, 3.63) is 11.3 Å². The van der Waals surface area contributed by atoms with Gasteiger partial charge in [0.2, 0.25) is 0 Å². The first-order valence-corrected chi connectivity index (χ1v) is 8.12. The van der Waals surface area contributed by atoms with Gasteiger partial charge in [-0.2, -0.15) is 0 Å². The molecule has 0 unspecified atom stereocenters. The highest BCUT2D eigenvalue weighted by Gasteiger charge is 2.40. The van der Waals surface area contributed by atoms with Crippen LogP contribution in [0.2, 0.25) is 0 Å². The van der Waals surface area contributed by atoms with E-state index in [2.05, 4.69) is 6.92 Å². The Kier molecular flexibility index (Phi) is 6.47. The minimum Gasteiger partial charge on any atom is -0.511 e. The average molecular weight is 327 g/mol. The van der Waals surface area contributed by atoms with E-state index in [4.69, 9.17) is 9.47 Å². The van der Waals surface area contributed by atoms with Gasteiger partial charge in [-0.1, -0.05) is 19.8 Å². The molecule has 0 radical (unpaired) electrons. The van der Waals surface area contributed by atoms with E-state index < -0.39 is 17.7 Å². The number of hydrogen-bond donors (Lipinski definition) is 1. The van der Waals surface area contributed by atoms with Crippen LogP contribution in [0.4, 0.5) is 4.79 Å². The molecule has 0 aliphatic carbocycles. The molecule has 0 aromatic rings. The van der Waals surface area contributed by atoms with Crippen molar-refractivity contribution in [3.8, 4) is 0 Å². The fourth-order valence-corrected chi connectivity index (χ4v) is 2.71. The number of nitrogens with zero attached hydrogens (tertiary/aromatic N) is 1. The number of aliphatic hydroxyl groups excluding tert-OH is 1. The van der Waals surface area contributed by atoms with Gasteiger partial charge >= 0.3 is 12.1 Å². The van der Waals surface area contributed by atoms with Crippen LogP contribution in [0.3, 0.4) is 0 Å². The number of carbonyl (C=O) groups excluding carboxylic acids is 2. The Balaban J connectivity index is 3.11. The molecule has 132 valence electrons. The molecule has 6 nitrogen and oxygen atoms in total. The van der Waals surface area contributed by atoms with E-state index in [0.29, 0.717) is 6.42 Å². The monoisotopic (exact) mass is 327 g/mol. The van der Waals surface area contributed by atoms with Crippen LogP contribution in [0.15, 0.2) is 11.3 Å². The van der Waals surface area contributed by atoms with Crippen LogP contribution >= 0.6 is 0 Å². The molecule has 1 rings (SSSR count). The van der Waals surface area contributed by atoms with Gasteiger partial charge in [0.1, 0.15) is 11.4 Å². The first kappa shape index (κ1) is 19.3. The van der Waals surface area contributed by atoms with Crippen LogP contribution in [-0.2, 0) is 14.3 Å². The summed E-state index contributed by atoms with van der Waals surface area (Å²) in [6.45, 7) is 9.31. The Morgan fingerprint density at radius 2 is 1.96 bits per heavy atom. The summed E-state index contributed by atoms with van der Waals surface area (Å²) in [5.74, 6) is -0.854. The number of ether oxygens (including phenoxy) is 2. The fraction of sp³-hybridized carbons (Fsp3) is 0.765. The number of methoxy groups -OCH3 is 1. The third-order valence-electron chi connectivity index (χ3n) is 3.99. The van der Waals surface area contributed by atoms with Gasteiger partial charge in [-0.15, -0.1) is 0 Å². The third-order valence-corrected chi connectivity index (χ3v) is 3.99. The number of carbonyl (C=O) groups is 2. The van der Waals surface area contributed by atoms with Crippen LogP contribution in [-0.4, -0.2) is 47.4 Å². The molecule has 2 atom stereocenters. The molecule has 6 heteroatoms. The summed E-state index contributed by atoms with van der Waals surface area (Å²) in [6.07, 6.45) is 2.08. The lowest BCUT2D eigenvalue weighted by molar-refractivity contribution is -0.137. The van der Waals surface area contributed by atoms with Crippen molar-refractivity contribution < 1.29 is 24.2 Å². The lowest BCUT2D eigenvalue weighted by Gasteiger charge is -2.40.